The van der Waals surface area contributed by atoms with Crippen LogP contribution < -0.4 is 5.32 Å². The highest BCUT2D eigenvalue weighted by molar-refractivity contribution is 5.22. The van der Waals surface area contributed by atoms with Gasteiger partial charge in [0.25, 0.3) is 0 Å². The highest BCUT2D eigenvalue weighted by Crippen LogP contribution is 2.26. The van der Waals surface area contributed by atoms with Gasteiger partial charge in [0.1, 0.15) is 0 Å². The monoisotopic (exact) mass is 227 g/mol. The molecule has 1 aromatic carbocycles. The molecule has 0 saturated carbocycles. The Kier molecular flexibility index (Phi) is 3.21. The number of halogens is 2. The maximum Gasteiger partial charge on any atom is 0.159 e. The summed E-state index contributed by atoms with van der Waals surface area (Å²) in [5, 5.41) is 3.32. The average molecular weight is 227 g/mol. The Morgan fingerprint density at radius 2 is 2.00 bits per heavy atom. The molecule has 88 valence electrons. The number of benzene rings is 1. The molecule has 2 nitrogen and oxygen atoms in total. The summed E-state index contributed by atoms with van der Waals surface area (Å²) in [4.78, 5) is 0. The van der Waals surface area contributed by atoms with Gasteiger partial charge in [0.05, 0.1) is 12.7 Å². The fraction of sp³-hybridized carbons (Fsp3) is 0.500. The van der Waals surface area contributed by atoms with Crippen LogP contribution in [0.2, 0.25) is 0 Å². The predicted octanol–water partition coefficient (Wildman–Crippen LogP) is 2.40. The van der Waals surface area contributed by atoms with Crippen molar-refractivity contribution in [3.8, 4) is 0 Å². The summed E-state index contributed by atoms with van der Waals surface area (Å²) in [7, 11) is 0. The molecule has 0 amide bonds. The lowest BCUT2D eigenvalue weighted by molar-refractivity contribution is -0.0208. The molecule has 2 rings (SSSR count). The molecule has 0 unspecified atom stereocenters. The van der Waals surface area contributed by atoms with Gasteiger partial charge >= 0.3 is 0 Å². The molecule has 16 heavy (non-hydrogen) atoms. The molecule has 0 aromatic heterocycles. The van der Waals surface area contributed by atoms with E-state index in [-0.39, 0.29) is 18.2 Å². The van der Waals surface area contributed by atoms with Crippen LogP contribution in [-0.4, -0.2) is 18.7 Å². The molecule has 1 aliphatic rings. The van der Waals surface area contributed by atoms with E-state index in [9.17, 15) is 8.78 Å². The topological polar surface area (TPSA) is 21.3 Å². The lowest BCUT2D eigenvalue weighted by atomic mass is 10.0. The van der Waals surface area contributed by atoms with Crippen molar-refractivity contribution in [3.05, 3.63) is 35.4 Å². The molecule has 1 fully saturated rings. The maximum atomic E-state index is 13.1. The summed E-state index contributed by atoms with van der Waals surface area (Å²) in [6.45, 7) is 4.58. The third kappa shape index (κ3) is 2.23. The van der Waals surface area contributed by atoms with Crippen molar-refractivity contribution in [1.29, 1.82) is 0 Å². The summed E-state index contributed by atoms with van der Waals surface area (Å²) < 4.78 is 31.5. The molecule has 1 saturated heterocycles. The molecule has 0 bridgehead atoms. The van der Waals surface area contributed by atoms with E-state index >= 15 is 0 Å². The third-order valence-corrected chi connectivity index (χ3v) is 2.80. The Morgan fingerprint density at radius 1 is 1.25 bits per heavy atom. The molecule has 4 heteroatoms. The zero-order valence-corrected chi connectivity index (χ0v) is 9.34. The van der Waals surface area contributed by atoms with Crippen molar-refractivity contribution in [2.45, 2.75) is 32.0 Å². The molecule has 0 radical (unpaired) electrons. The first kappa shape index (κ1) is 11.5. The number of hydrogen-bond donors (Lipinski definition) is 1. The van der Waals surface area contributed by atoms with E-state index in [1.807, 2.05) is 13.8 Å². The van der Waals surface area contributed by atoms with E-state index in [2.05, 4.69) is 5.32 Å². The molecule has 1 heterocycles. The molecule has 1 aliphatic heterocycles. The van der Waals surface area contributed by atoms with Gasteiger partial charge in [-0.2, -0.15) is 0 Å². The number of morpholine rings is 1. The fourth-order valence-electron chi connectivity index (χ4n) is 2.05. The van der Waals surface area contributed by atoms with Gasteiger partial charge in [-0.1, -0.05) is 6.07 Å². The highest BCUT2D eigenvalue weighted by Gasteiger charge is 2.27. The first-order valence-corrected chi connectivity index (χ1v) is 5.40. The standard InChI is InChI=1S/C12H15F2NO/c1-7-6-16-12(8(2)15-7)9-3-4-10(13)11(14)5-9/h3-5,7-8,12,15H,6H2,1-2H3/t7-,8+,12-/m0/s1. The molecule has 1 N–H and O–H groups in total. The minimum absolute atomic E-state index is 0.0913. The number of hydrogen-bond acceptors (Lipinski definition) is 2. The summed E-state index contributed by atoms with van der Waals surface area (Å²) in [6, 6.07) is 4.29. The Hall–Kier alpha value is -1.00. The maximum absolute atomic E-state index is 13.1. The van der Waals surface area contributed by atoms with E-state index < -0.39 is 11.6 Å². The van der Waals surface area contributed by atoms with Gasteiger partial charge in [0, 0.05) is 12.1 Å². The summed E-state index contributed by atoms with van der Waals surface area (Å²) in [5.41, 5.74) is 0.672. The van der Waals surface area contributed by atoms with Crippen LogP contribution in [0.4, 0.5) is 8.78 Å². The van der Waals surface area contributed by atoms with Crippen LogP contribution in [0, 0.1) is 11.6 Å². The van der Waals surface area contributed by atoms with E-state index in [0.29, 0.717) is 12.2 Å². The lowest BCUT2D eigenvalue weighted by Crippen LogP contribution is -2.47. The van der Waals surface area contributed by atoms with Crippen molar-refractivity contribution >= 4 is 0 Å². The zero-order chi connectivity index (χ0) is 11.7. The number of ether oxygens (including phenoxy) is 1. The predicted molar refractivity (Wildman–Crippen MR) is 57.1 cm³/mol. The molecule has 3 atom stereocenters. The van der Waals surface area contributed by atoms with Gasteiger partial charge < -0.3 is 10.1 Å². The van der Waals surface area contributed by atoms with Crippen molar-refractivity contribution in [2.24, 2.45) is 0 Å². The van der Waals surface area contributed by atoms with E-state index in [1.165, 1.54) is 6.07 Å². The Balaban J connectivity index is 2.20. The van der Waals surface area contributed by atoms with Crippen LogP contribution in [0.25, 0.3) is 0 Å². The van der Waals surface area contributed by atoms with Crippen molar-refractivity contribution < 1.29 is 13.5 Å². The minimum atomic E-state index is -0.827. The number of rotatable bonds is 1. The molecular weight excluding hydrogens is 212 g/mol. The van der Waals surface area contributed by atoms with Crippen LogP contribution >= 0.6 is 0 Å². The second-order valence-electron chi connectivity index (χ2n) is 4.28. The summed E-state index contributed by atoms with van der Waals surface area (Å²) in [6.07, 6.45) is -0.216. The minimum Gasteiger partial charge on any atom is -0.370 e. The third-order valence-electron chi connectivity index (χ3n) is 2.80. The van der Waals surface area contributed by atoms with Crippen LogP contribution in [0.15, 0.2) is 18.2 Å². The van der Waals surface area contributed by atoms with Gasteiger partial charge in [-0.15, -0.1) is 0 Å². The van der Waals surface area contributed by atoms with Gasteiger partial charge in [-0.05, 0) is 31.5 Å². The van der Waals surface area contributed by atoms with Gasteiger partial charge in [-0.3, -0.25) is 0 Å². The van der Waals surface area contributed by atoms with Crippen LogP contribution in [0.3, 0.4) is 0 Å². The Bertz CT molecular complexity index is 383. The van der Waals surface area contributed by atoms with Crippen molar-refractivity contribution in [3.63, 3.8) is 0 Å². The van der Waals surface area contributed by atoms with Crippen molar-refractivity contribution in [2.75, 3.05) is 6.61 Å². The van der Waals surface area contributed by atoms with Crippen LogP contribution in [0.1, 0.15) is 25.5 Å². The zero-order valence-electron chi connectivity index (χ0n) is 9.34. The quantitative estimate of drug-likeness (QED) is 0.795. The average Bonchev–Trinajstić information content (AvgIpc) is 2.22. The molecule has 1 aromatic rings. The summed E-state index contributed by atoms with van der Waals surface area (Å²) >= 11 is 0. The van der Waals surface area contributed by atoms with Crippen LogP contribution in [-0.2, 0) is 4.74 Å². The first-order valence-electron chi connectivity index (χ1n) is 5.40. The first-order chi connectivity index (χ1) is 7.58. The van der Waals surface area contributed by atoms with E-state index in [1.54, 1.807) is 6.07 Å². The Morgan fingerprint density at radius 3 is 2.62 bits per heavy atom. The SMILES string of the molecule is C[C@H]1CO[C@H](c2ccc(F)c(F)c2)[C@@H](C)N1. The highest BCUT2D eigenvalue weighted by atomic mass is 19.2. The van der Waals surface area contributed by atoms with Crippen LogP contribution in [0.5, 0.6) is 0 Å². The van der Waals surface area contributed by atoms with Gasteiger partial charge in [0.2, 0.25) is 0 Å². The van der Waals surface area contributed by atoms with Gasteiger partial charge in [-0.25, -0.2) is 8.78 Å². The Labute approximate surface area is 93.6 Å². The lowest BCUT2D eigenvalue weighted by Gasteiger charge is -2.34. The second kappa shape index (κ2) is 4.47. The van der Waals surface area contributed by atoms with Gasteiger partial charge in [0.15, 0.2) is 11.6 Å². The van der Waals surface area contributed by atoms with Crippen molar-refractivity contribution in [1.82, 2.24) is 5.32 Å². The number of nitrogens with one attached hydrogen (secondary N) is 1. The normalized spacial score (nSPS) is 30.4. The largest absolute Gasteiger partial charge is 0.370 e. The summed E-state index contributed by atoms with van der Waals surface area (Å²) in [5.74, 6) is -1.65. The van der Waals surface area contributed by atoms with E-state index in [4.69, 9.17) is 4.74 Å². The molecule has 0 aliphatic carbocycles. The fourth-order valence-corrected chi connectivity index (χ4v) is 2.05. The molecular formula is C12H15F2NO. The molecule has 0 spiro atoms. The van der Waals surface area contributed by atoms with E-state index in [0.717, 1.165) is 6.07 Å². The smallest absolute Gasteiger partial charge is 0.159 e. The second-order valence-corrected chi connectivity index (χ2v) is 4.28.